The van der Waals surface area contributed by atoms with Gasteiger partial charge in [-0.25, -0.2) is 9.59 Å². The average Bonchev–Trinajstić information content (AvgIpc) is 2.48. The molecular weight excluding hydrogens is 324 g/mol. The zero-order valence-electron chi connectivity index (χ0n) is 12.7. The van der Waals surface area contributed by atoms with Crippen molar-refractivity contribution in [2.24, 2.45) is 17.4 Å². The average molecular weight is 340 g/mol. The van der Waals surface area contributed by atoms with E-state index in [0.29, 0.717) is 12.2 Å². The van der Waals surface area contributed by atoms with E-state index in [1.54, 1.807) is 0 Å². The lowest BCUT2D eigenvalue weighted by atomic mass is 10.1. The monoisotopic (exact) mass is 340 g/mol. The van der Waals surface area contributed by atoms with Gasteiger partial charge in [0.1, 0.15) is 0 Å². The molecule has 0 spiro atoms. The Balaban J connectivity index is 4.25. The Morgan fingerprint density at radius 1 is 0.833 bits per heavy atom. The fourth-order valence-electron chi connectivity index (χ4n) is 1.18. The van der Waals surface area contributed by atoms with E-state index in [1.807, 2.05) is 0 Å². The minimum Gasteiger partial charge on any atom is -0.390 e. The first-order valence-corrected chi connectivity index (χ1v) is 6.57. The molecule has 24 heavy (non-hydrogen) atoms. The van der Waals surface area contributed by atoms with Crippen molar-refractivity contribution in [3.8, 4) is 0 Å². The molecule has 0 bridgehead atoms. The van der Waals surface area contributed by atoms with E-state index in [9.17, 15) is 28.8 Å². The molecule has 0 saturated heterocycles. The van der Waals surface area contributed by atoms with Crippen molar-refractivity contribution in [2.45, 2.75) is 19.8 Å². The summed E-state index contributed by atoms with van der Waals surface area (Å²) >= 11 is 0. The van der Waals surface area contributed by atoms with E-state index >= 15 is 0 Å². The van der Waals surface area contributed by atoms with E-state index < -0.39 is 41.6 Å². The van der Waals surface area contributed by atoms with Gasteiger partial charge >= 0.3 is 23.9 Å². The summed E-state index contributed by atoms with van der Waals surface area (Å²) < 4.78 is 8.71. The van der Waals surface area contributed by atoms with Crippen LogP contribution in [0, 0.1) is 5.92 Å². The zero-order valence-corrected chi connectivity index (χ0v) is 12.7. The largest absolute Gasteiger partial charge is 0.390 e. The van der Waals surface area contributed by atoms with Gasteiger partial charge in [0.15, 0.2) is 0 Å². The van der Waals surface area contributed by atoms with Crippen molar-refractivity contribution in [3.05, 3.63) is 24.3 Å². The van der Waals surface area contributed by atoms with E-state index in [2.05, 4.69) is 9.47 Å². The lowest BCUT2D eigenvalue weighted by Gasteiger charge is -2.08. The number of hydrogen-bond donors (Lipinski definition) is 2. The van der Waals surface area contributed by atoms with Crippen LogP contribution in [0.3, 0.4) is 0 Å². The second-order valence-corrected chi connectivity index (χ2v) is 4.44. The Labute approximate surface area is 136 Å². The Morgan fingerprint density at radius 2 is 1.29 bits per heavy atom. The normalized spacial score (nSPS) is 11.9. The Hall–Kier alpha value is -3.30. The molecule has 0 aromatic carbocycles. The molecule has 1 unspecified atom stereocenters. The summed E-state index contributed by atoms with van der Waals surface area (Å²) in [5.74, 6) is -6.65. The molecule has 0 heterocycles. The van der Waals surface area contributed by atoms with Gasteiger partial charge in [-0.2, -0.15) is 0 Å². The fourth-order valence-corrected chi connectivity index (χ4v) is 1.18. The predicted molar refractivity (Wildman–Crippen MR) is 77.3 cm³/mol. The second-order valence-electron chi connectivity index (χ2n) is 4.44. The van der Waals surface area contributed by atoms with E-state index in [0.717, 1.165) is 12.2 Å². The Morgan fingerprint density at radius 3 is 1.75 bits per heavy atom. The zero-order chi connectivity index (χ0) is 18.7. The molecule has 0 rings (SSSR count). The van der Waals surface area contributed by atoms with Gasteiger partial charge in [0.2, 0.25) is 11.8 Å². The topological polar surface area (TPSA) is 173 Å². The molecular formula is C14H16N2O8. The first-order valence-electron chi connectivity index (χ1n) is 6.57. The number of nitrogens with two attached hydrogens (primary N) is 2. The summed E-state index contributed by atoms with van der Waals surface area (Å²) in [5, 5.41) is 0. The highest BCUT2D eigenvalue weighted by Crippen LogP contribution is 2.09. The SMILES string of the molecule is CC(CCC(=O)OC(=O)C=CC(N)=O)C(=O)OC(=O)C=CC(N)=O. The lowest BCUT2D eigenvalue weighted by Crippen LogP contribution is -2.20. The molecule has 0 aliphatic heterocycles. The van der Waals surface area contributed by atoms with Crippen LogP contribution >= 0.6 is 0 Å². The first-order chi connectivity index (χ1) is 11.1. The highest BCUT2D eigenvalue weighted by molar-refractivity contribution is 5.98. The molecule has 0 radical (unpaired) electrons. The standard InChI is InChI=1S/C14H16N2O8/c1-8(14(22)24-13(21)7-4-10(16)18)2-5-11(19)23-12(20)6-3-9(15)17/h3-4,6-8H,2,5H2,1H3,(H2,15,17)(H2,16,18). The van der Waals surface area contributed by atoms with Crippen LogP contribution in [0.2, 0.25) is 0 Å². The van der Waals surface area contributed by atoms with Gasteiger partial charge in [0.05, 0.1) is 5.92 Å². The van der Waals surface area contributed by atoms with Crippen LogP contribution < -0.4 is 11.5 Å². The van der Waals surface area contributed by atoms with Crippen molar-refractivity contribution in [3.63, 3.8) is 0 Å². The second kappa shape index (κ2) is 10.4. The number of primary amides is 2. The van der Waals surface area contributed by atoms with Gasteiger partial charge in [0, 0.05) is 30.7 Å². The Kier molecular flexibility index (Phi) is 9.00. The van der Waals surface area contributed by atoms with E-state index in [4.69, 9.17) is 11.5 Å². The van der Waals surface area contributed by atoms with Crippen molar-refractivity contribution < 1.29 is 38.2 Å². The molecule has 4 N–H and O–H groups in total. The fraction of sp³-hybridized carbons (Fsp3) is 0.286. The molecule has 130 valence electrons. The van der Waals surface area contributed by atoms with Crippen LogP contribution in [0.25, 0.3) is 0 Å². The van der Waals surface area contributed by atoms with E-state index in [1.165, 1.54) is 6.92 Å². The number of rotatable bonds is 8. The van der Waals surface area contributed by atoms with Crippen LogP contribution in [-0.2, 0) is 38.2 Å². The summed E-state index contributed by atoms with van der Waals surface area (Å²) in [6.07, 6.45) is 2.45. The van der Waals surface area contributed by atoms with E-state index in [-0.39, 0.29) is 12.8 Å². The number of carbonyl (C=O) groups is 6. The smallest absolute Gasteiger partial charge is 0.338 e. The molecule has 0 aromatic heterocycles. The van der Waals surface area contributed by atoms with Crippen LogP contribution in [-0.4, -0.2) is 35.7 Å². The van der Waals surface area contributed by atoms with Gasteiger partial charge in [-0.3, -0.25) is 19.2 Å². The molecule has 0 aromatic rings. The number of carbonyl (C=O) groups excluding carboxylic acids is 6. The van der Waals surface area contributed by atoms with Gasteiger partial charge in [0.25, 0.3) is 0 Å². The lowest BCUT2D eigenvalue weighted by molar-refractivity contribution is -0.159. The first kappa shape index (κ1) is 20.7. The summed E-state index contributed by atoms with van der Waals surface area (Å²) in [6.45, 7) is 1.38. The molecule has 0 fully saturated rings. The van der Waals surface area contributed by atoms with Crippen LogP contribution in [0.15, 0.2) is 24.3 Å². The van der Waals surface area contributed by atoms with Crippen LogP contribution in [0.5, 0.6) is 0 Å². The molecule has 0 aliphatic carbocycles. The highest BCUT2D eigenvalue weighted by atomic mass is 16.6. The summed E-state index contributed by atoms with van der Waals surface area (Å²) in [7, 11) is 0. The van der Waals surface area contributed by atoms with Crippen molar-refractivity contribution >= 4 is 35.7 Å². The number of esters is 4. The third kappa shape index (κ3) is 10.4. The quantitative estimate of drug-likeness (QED) is 0.309. The predicted octanol–water partition coefficient (Wildman–Crippen LogP) is -1.37. The maximum absolute atomic E-state index is 11.5. The van der Waals surface area contributed by atoms with Gasteiger partial charge in [-0.15, -0.1) is 0 Å². The highest BCUT2D eigenvalue weighted by Gasteiger charge is 2.19. The van der Waals surface area contributed by atoms with Crippen molar-refractivity contribution in [1.29, 1.82) is 0 Å². The third-order valence-corrected chi connectivity index (χ3v) is 2.37. The Bertz CT molecular complexity index is 606. The van der Waals surface area contributed by atoms with Crippen molar-refractivity contribution in [1.82, 2.24) is 0 Å². The summed E-state index contributed by atoms with van der Waals surface area (Å²) in [6, 6.07) is 0. The molecule has 10 heteroatoms. The third-order valence-electron chi connectivity index (χ3n) is 2.37. The van der Waals surface area contributed by atoms with Crippen LogP contribution in [0.4, 0.5) is 0 Å². The van der Waals surface area contributed by atoms with Gasteiger partial charge in [-0.1, -0.05) is 6.92 Å². The molecule has 10 nitrogen and oxygen atoms in total. The molecule has 1 atom stereocenters. The molecule has 0 saturated carbocycles. The summed E-state index contributed by atoms with van der Waals surface area (Å²) in [5.41, 5.74) is 9.52. The molecule has 2 amide bonds. The number of amides is 2. The van der Waals surface area contributed by atoms with Crippen molar-refractivity contribution in [2.75, 3.05) is 0 Å². The van der Waals surface area contributed by atoms with Crippen LogP contribution in [0.1, 0.15) is 19.8 Å². The maximum atomic E-state index is 11.5. The minimum absolute atomic E-state index is 0.0582. The van der Waals surface area contributed by atoms with Gasteiger partial charge < -0.3 is 20.9 Å². The number of ether oxygens (including phenoxy) is 2. The minimum atomic E-state index is -1.08. The summed E-state index contributed by atoms with van der Waals surface area (Å²) in [4.78, 5) is 65.9. The molecule has 0 aliphatic rings. The maximum Gasteiger partial charge on any atom is 0.338 e. The van der Waals surface area contributed by atoms with Gasteiger partial charge in [-0.05, 0) is 6.42 Å². The number of hydrogen-bond acceptors (Lipinski definition) is 8.